The van der Waals surface area contributed by atoms with Gasteiger partial charge >= 0.3 is 0 Å². The lowest BCUT2D eigenvalue weighted by atomic mass is 10.0. The van der Waals surface area contributed by atoms with E-state index in [0.717, 1.165) is 6.42 Å². The smallest absolute Gasteiger partial charge is 0.180 e. The number of benzene rings is 2. The molecule has 0 aliphatic carbocycles. The van der Waals surface area contributed by atoms with Crippen LogP contribution in [0.25, 0.3) is 11.6 Å². The van der Waals surface area contributed by atoms with E-state index in [1.165, 1.54) is 19.2 Å². The number of hydrogen-bond donors (Lipinski definition) is 0. The van der Waals surface area contributed by atoms with Crippen LogP contribution in [0.5, 0.6) is 11.5 Å². The van der Waals surface area contributed by atoms with Crippen molar-refractivity contribution in [3.63, 3.8) is 0 Å². The molecule has 0 spiro atoms. The van der Waals surface area contributed by atoms with Crippen LogP contribution in [0.4, 0.5) is 4.39 Å². The monoisotopic (exact) mass is 359 g/mol. The fourth-order valence-electron chi connectivity index (χ4n) is 2.20. The number of methoxy groups -OCH3 is 1. The molecule has 2 aromatic rings. The second-order valence-corrected chi connectivity index (χ2v) is 5.95. The van der Waals surface area contributed by atoms with E-state index in [0.29, 0.717) is 33.2 Å². The molecule has 1 atom stereocenters. The van der Waals surface area contributed by atoms with E-state index >= 15 is 0 Å². The van der Waals surface area contributed by atoms with Crippen LogP contribution in [0.3, 0.4) is 0 Å². The Morgan fingerprint density at radius 3 is 2.56 bits per heavy atom. The third-order valence-electron chi connectivity index (χ3n) is 3.73. The van der Waals surface area contributed by atoms with E-state index in [2.05, 4.69) is 6.07 Å². The second kappa shape index (κ2) is 8.55. The Bertz CT molecular complexity index is 810. The third kappa shape index (κ3) is 4.74. The Labute approximate surface area is 152 Å². The molecule has 0 heterocycles. The first-order chi connectivity index (χ1) is 12.0. The second-order valence-electron chi connectivity index (χ2n) is 5.55. The molecule has 3 nitrogen and oxygen atoms in total. The maximum absolute atomic E-state index is 13.1. The molecule has 0 radical (unpaired) electrons. The van der Waals surface area contributed by atoms with Crippen LogP contribution in [0.15, 0.2) is 36.4 Å². The summed E-state index contributed by atoms with van der Waals surface area (Å²) < 4.78 is 24.3. The molecule has 0 N–H and O–H groups in total. The van der Waals surface area contributed by atoms with Crippen molar-refractivity contribution in [2.24, 2.45) is 0 Å². The van der Waals surface area contributed by atoms with Crippen LogP contribution in [-0.2, 0) is 0 Å². The SMILES string of the molecule is CCC(C)Oc1c(Cl)cc(C=C(C#N)c2ccc(F)cc2)cc1OC. The Morgan fingerprint density at radius 1 is 1.32 bits per heavy atom. The van der Waals surface area contributed by atoms with Crippen LogP contribution >= 0.6 is 11.6 Å². The fourth-order valence-corrected chi connectivity index (χ4v) is 2.46. The highest BCUT2D eigenvalue weighted by Crippen LogP contribution is 2.38. The molecule has 2 rings (SSSR count). The van der Waals surface area contributed by atoms with Gasteiger partial charge in [-0.3, -0.25) is 0 Å². The summed E-state index contributed by atoms with van der Waals surface area (Å²) in [6.07, 6.45) is 2.51. The maximum Gasteiger partial charge on any atom is 0.180 e. The van der Waals surface area contributed by atoms with Crippen molar-refractivity contribution in [2.45, 2.75) is 26.4 Å². The van der Waals surface area contributed by atoms with E-state index in [-0.39, 0.29) is 11.9 Å². The van der Waals surface area contributed by atoms with Gasteiger partial charge in [0.25, 0.3) is 0 Å². The van der Waals surface area contributed by atoms with Gasteiger partial charge in [0.1, 0.15) is 5.82 Å². The van der Waals surface area contributed by atoms with Gasteiger partial charge < -0.3 is 9.47 Å². The first-order valence-electron chi connectivity index (χ1n) is 7.90. The lowest BCUT2D eigenvalue weighted by Crippen LogP contribution is -2.11. The predicted octanol–water partition coefficient (Wildman–Crippen LogP) is 5.73. The maximum atomic E-state index is 13.1. The molecule has 0 amide bonds. The van der Waals surface area contributed by atoms with Gasteiger partial charge in [-0.15, -0.1) is 0 Å². The van der Waals surface area contributed by atoms with Crippen molar-refractivity contribution in [3.05, 3.63) is 58.4 Å². The molecule has 0 bridgehead atoms. The van der Waals surface area contributed by atoms with Gasteiger partial charge in [0.2, 0.25) is 0 Å². The van der Waals surface area contributed by atoms with Gasteiger partial charge in [0, 0.05) is 0 Å². The number of ether oxygens (including phenoxy) is 2. The molecule has 25 heavy (non-hydrogen) atoms. The Kier molecular flexibility index (Phi) is 6.44. The zero-order valence-corrected chi connectivity index (χ0v) is 15.1. The molecule has 0 aromatic heterocycles. The lowest BCUT2D eigenvalue weighted by Gasteiger charge is -2.17. The minimum atomic E-state index is -0.350. The van der Waals surface area contributed by atoms with Gasteiger partial charge in [-0.1, -0.05) is 30.7 Å². The van der Waals surface area contributed by atoms with Crippen molar-refractivity contribution < 1.29 is 13.9 Å². The van der Waals surface area contributed by atoms with Crippen LogP contribution in [0.1, 0.15) is 31.4 Å². The molecule has 130 valence electrons. The average molecular weight is 360 g/mol. The van der Waals surface area contributed by atoms with Crippen molar-refractivity contribution in [2.75, 3.05) is 7.11 Å². The summed E-state index contributed by atoms with van der Waals surface area (Å²) in [6.45, 7) is 3.97. The van der Waals surface area contributed by atoms with E-state index in [1.54, 1.807) is 30.3 Å². The van der Waals surface area contributed by atoms with Crippen LogP contribution in [0.2, 0.25) is 5.02 Å². The highest BCUT2D eigenvalue weighted by Gasteiger charge is 2.14. The zero-order valence-electron chi connectivity index (χ0n) is 14.3. The van der Waals surface area contributed by atoms with Crippen LogP contribution in [0, 0.1) is 17.1 Å². The lowest BCUT2D eigenvalue weighted by molar-refractivity contribution is 0.208. The van der Waals surface area contributed by atoms with Gasteiger partial charge in [-0.25, -0.2) is 4.39 Å². The summed E-state index contributed by atoms with van der Waals surface area (Å²) >= 11 is 6.34. The summed E-state index contributed by atoms with van der Waals surface area (Å²) in [5.74, 6) is 0.628. The minimum Gasteiger partial charge on any atom is -0.493 e. The molecule has 5 heteroatoms. The summed E-state index contributed by atoms with van der Waals surface area (Å²) in [4.78, 5) is 0. The molecule has 2 aromatic carbocycles. The Hall–Kier alpha value is -2.51. The zero-order chi connectivity index (χ0) is 18.4. The minimum absolute atomic E-state index is 0.00155. The first kappa shape index (κ1) is 18.8. The standard InChI is InChI=1S/C20H19ClFNO2/c1-4-13(2)25-20-18(21)10-14(11-19(20)24-3)9-16(12-23)15-5-7-17(22)8-6-15/h5-11,13H,4H2,1-3H3. The number of nitrogens with zero attached hydrogens (tertiary/aromatic N) is 1. The largest absolute Gasteiger partial charge is 0.493 e. The highest BCUT2D eigenvalue weighted by molar-refractivity contribution is 6.32. The quantitative estimate of drug-likeness (QED) is 0.488. The van der Waals surface area contributed by atoms with Crippen molar-refractivity contribution in [1.82, 2.24) is 0 Å². The molecule has 0 saturated heterocycles. The molecule has 1 unspecified atom stereocenters. The van der Waals surface area contributed by atoms with Crippen molar-refractivity contribution in [3.8, 4) is 17.6 Å². The van der Waals surface area contributed by atoms with Gasteiger partial charge in [-0.05, 0) is 54.8 Å². The van der Waals surface area contributed by atoms with Gasteiger partial charge in [0.05, 0.1) is 29.9 Å². The van der Waals surface area contributed by atoms with E-state index in [9.17, 15) is 9.65 Å². The van der Waals surface area contributed by atoms with Crippen LogP contribution < -0.4 is 9.47 Å². The molecule has 0 fully saturated rings. The number of allylic oxidation sites excluding steroid dienone is 1. The van der Waals surface area contributed by atoms with Crippen molar-refractivity contribution >= 4 is 23.3 Å². The number of rotatable bonds is 6. The van der Waals surface area contributed by atoms with Crippen molar-refractivity contribution in [1.29, 1.82) is 5.26 Å². The van der Waals surface area contributed by atoms with E-state index in [4.69, 9.17) is 21.1 Å². The predicted molar refractivity (Wildman–Crippen MR) is 98.3 cm³/mol. The average Bonchev–Trinajstić information content (AvgIpc) is 2.62. The first-order valence-corrected chi connectivity index (χ1v) is 8.28. The van der Waals surface area contributed by atoms with Gasteiger partial charge in [0.15, 0.2) is 11.5 Å². The van der Waals surface area contributed by atoms with E-state index in [1.807, 2.05) is 13.8 Å². The number of nitriles is 1. The Morgan fingerprint density at radius 2 is 2.00 bits per heavy atom. The number of hydrogen-bond acceptors (Lipinski definition) is 3. The third-order valence-corrected chi connectivity index (χ3v) is 4.01. The molecule has 0 aliphatic heterocycles. The molecular formula is C20H19ClFNO2. The summed E-state index contributed by atoms with van der Waals surface area (Å²) in [7, 11) is 1.54. The topological polar surface area (TPSA) is 42.2 Å². The molecular weight excluding hydrogens is 341 g/mol. The normalized spacial score (nSPS) is 12.4. The highest BCUT2D eigenvalue weighted by atomic mass is 35.5. The van der Waals surface area contributed by atoms with E-state index < -0.39 is 0 Å². The fraction of sp³-hybridized carbons (Fsp3) is 0.250. The number of halogens is 2. The molecule has 0 aliphatic rings. The Balaban J connectivity index is 2.43. The summed E-state index contributed by atoms with van der Waals surface area (Å²) in [6, 6.07) is 11.3. The van der Waals surface area contributed by atoms with Crippen LogP contribution in [-0.4, -0.2) is 13.2 Å². The molecule has 0 saturated carbocycles. The summed E-state index contributed by atoms with van der Waals surface area (Å²) in [5, 5.41) is 9.82. The summed E-state index contributed by atoms with van der Waals surface area (Å²) in [5.41, 5.74) is 1.71. The van der Waals surface area contributed by atoms with Gasteiger partial charge in [-0.2, -0.15) is 5.26 Å².